The highest BCUT2D eigenvalue weighted by atomic mass is 16.5. The number of hydrogen-bond acceptors (Lipinski definition) is 3. The second-order valence-electron chi connectivity index (χ2n) is 6.22. The van der Waals surface area contributed by atoms with Gasteiger partial charge in [0.05, 0.1) is 12.8 Å². The number of nitrogens with one attached hydrogen (secondary N) is 2. The zero-order chi connectivity index (χ0) is 19.8. The van der Waals surface area contributed by atoms with Gasteiger partial charge in [0.1, 0.15) is 5.75 Å². The van der Waals surface area contributed by atoms with Crippen LogP contribution in [-0.2, 0) is 6.42 Å². The first-order valence-electron chi connectivity index (χ1n) is 9.04. The molecule has 3 rings (SSSR count). The molecule has 2 N–H and O–H groups in total. The van der Waals surface area contributed by atoms with Gasteiger partial charge in [0, 0.05) is 17.7 Å². The van der Waals surface area contributed by atoms with Crippen molar-refractivity contribution >= 4 is 17.5 Å². The van der Waals surface area contributed by atoms with Crippen molar-refractivity contribution in [2.75, 3.05) is 19.0 Å². The van der Waals surface area contributed by atoms with Crippen LogP contribution in [0, 0.1) is 0 Å². The summed E-state index contributed by atoms with van der Waals surface area (Å²) in [6.45, 7) is 0.554. The van der Waals surface area contributed by atoms with Crippen LogP contribution in [0.25, 0.3) is 0 Å². The third kappa shape index (κ3) is 4.98. The molecule has 0 atom stereocenters. The van der Waals surface area contributed by atoms with E-state index in [0.29, 0.717) is 29.1 Å². The van der Waals surface area contributed by atoms with Crippen molar-refractivity contribution in [1.82, 2.24) is 5.32 Å². The van der Waals surface area contributed by atoms with Gasteiger partial charge >= 0.3 is 0 Å². The second-order valence-corrected chi connectivity index (χ2v) is 6.22. The van der Waals surface area contributed by atoms with Crippen LogP contribution >= 0.6 is 0 Å². The molecule has 0 aliphatic heterocycles. The standard InChI is InChI=1S/C23H22N2O3/c1-28-21-10-6-5-9-20(21)25-23(27)19-13-11-18(12-14-19)22(26)24-16-15-17-7-3-2-4-8-17/h2-14H,15-16H2,1H3,(H,24,26)(H,25,27). The van der Waals surface area contributed by atoms with Gasteiger partial charge in [-0.3, -0.25) is 9.59 Å². The highest BCUT2D eigenvalue weighted by Gasteiger charge is 2.11. The molecule has 0 aliphatic rings. The minimum atomic E-state index is -0.263. The monoisotopic (exact) mass is 374 g/mol. The molecule has 28 heavy (non-hydrogen) atoms. The molecule has 0 bridgehead atoms. The molecule has 0 unspecified atom stereocenters. The summed E-state index contributed by atoms with van der Waals surface area (Å²) >= 11 is 0. The quantitative estimate of drug-likeness (QED) is 0.659. The first-order valence-corrected chi connectivity index (χ1v) is 9.04. The number of benzene rings is 3. The Morgan fingerprint density at radius 1 is 0.786 bits per heavy atom. The lowest BCUT2D eigenvalue weighted by molar-refractivity contribution is 0.0952. The zero-order valence-corrected chi connectivity index (χ0v) is 15.6. The van der Waals surface area contributed by atoms with E-state index in [1.807, 2.05) is 42.5 Å². The molecule has 2 amide bonds. The number of methoxy groups -OCH3 is 1. The number of anilines is 1. The molecule has 0 spiro atoms. The van der Waals surface area contributed by atoms with E-state index in [4.69, 9.17) is 4.74 Å². The van der Waals surface area contributed by atoms with Crippen LogP contribution in [0.1, 0.15) is 26.3 Å². The van der Waals surface area contributed by atoms with Gasteiger partial charge in [-0.15, -0.1) is 0 Å². The van der Waals surface area contributed by atoms with Crippen molar-refractivity contribution < 1.29 is 14.3 Å². The van der Waals surface area contributed by atoms with Crippen LogP contribution in [-0.4, -0.2) is 25.5 Å². The van der Waals surface area contributed by atoms with Crippen LogP contribution in [0.4, 0.5) is 5.69 Å². The van der Waals surface area contributed by atoms with E-state index in [2.05, 4.69) is 10.6 Å². The number of amides is 2. The molecular formula is C23H22N2O3. The molecule has 0 aliphatic carbocycles. The Balaban J connectivity index is 1.56. The molecule has 3 aromatic carbocycles. The van der Waals surface area contributed by atoms with Crippen molar-refractivity contribution in [3.8, 4) is 5.75 Å². The van der Waals surface area contributed by atoms with Gasteiger partial charge in [0.2, 0.25) is 0 Å². The Kier molecular flexibility index (Phi) is 6.41. The van der Waals surface area contributed by atoms with Crippen LogP contribution < -0.4 is 15.4 Å². The third-order valence-corrected chi connectivity index (χ3v) is 4.31. The number of rotatable bonds is 7. The number of hydrogen-bond donors (Lipinski definition) is 2. The Morgan fingerprint density at radius 3 is 2.07 bits per heavy atom. The van der Waals surface area contributed by atoms with E-state index in [1.54, 1.807) is 43.5 Å². The topological polar surface area (TPSA) is 67.4 Å². The fourth-order valence-electron chi connectivity index (χ4n) is 2.78. The molecule has 0 aromatic heterocycles. The summed E-state index contributed by atoms with van der Waals surface area (Å²) in [7, 11) is 1.55. The minimum absolute atomic E-state index is 0.160. The van der Waals surface area contributed by atoms with E-state index in [9.17, 15) is 9.59 Å². The van der Waals surface area contributed by atoms with Gasteiger partial charge in [-0.2, -0.15) is 0 Å². The van der Waals surface area contributed by atoms with E-state index in [-0.39, 0.29) is 11.8 Å². The smallest absolute Gasteiger partial charge is 0.255 e. The van der Waals surface area contributed by atoms with E-state index in [1.165, 1.54) is 5.56 Å². The Labute approximate surface area is 164 Å². The summed E-state index contributed by atoms with van der Waals surface area (Å²) in [6, 6.07) is 23.7. The highest BCUT2D eigenvalue weighted by Crippen LogP contribution is 2.23. The number of para-hydroxylation sites is 2. The van der Waals surface area contributed by atoms with Crippen molar-refractivity contribution in [2.24, 2.45) is 0 Å². The van der Waals surface area contributed by atoms with Crippen LogP contribution in [0.5, 0.6) is 5.75 Å². The number of ether oxygens (including phenoxy) is 1. The summed E-state index contributed by atoms with van der Waals surface area (Å²) < 4.78 is 5.23. The molecule has 0 heterocycles. The predicted molar refractivity (Wildman–Crippen MR) is 110 cm³/mol. The molecule has 0 radical (unpaired) electrons. The Morgan fingerprint density at radius 2 is 1.39 bits per heavy atom. The molecular weight excluding hydrogens is 352 g/mol. The van der Waals surface area contributed by atoms with Crippen molar-refractivity contribution in [3.05, 3.63) is 95.6 Å². The molecule has 5 heteroatoms. The van der Waals surface area contributed by atoms with E-state index >= 15 is 0 Å². The van der Waals surface area contributed by atoms with Gasteiger partial charge in [0.25, 0.3) is 11.8 Å². The average molecular weight is 374 g/mol. The lowest BCUT2D eigenvalue weighted by Crippen LogP contribution is -2.25. The van der Waals surface area contributed by atoms with Crippen molar-refractivity contribution in [1.29, 1.82) is 0 Å². The molecule has 142 valence electrons. The van der Waals surface area contributed by atoms with Gasteiger partial charge in [-0.1, -0.05) is 42.5 Å². The van der Waals surface area contributed by atoms with Crippen LogP contribution in [0.15, 0.2) is 78.9 Å². The van der Waals surface area contributed by atoms with Crippen LogP contribution in [0.3, 0.4) is 0 Å². The van der Waals surface area contributed by atoms with Gasteiger partial charge in [-0.05, 0) is 48.4 Å². The predicted octanol–water partition coefficient (Wildman–Crippen LogP) is 3.92. The second kappa shape index (κ2) is 9.37. The molecule has 0 saturated carbocycles. The summed E-state index contributed by atoms with van der Waals surface area (Å²) in [4.78, 5) is 24.7. The maximum Gasteiger partial charge on any atom is 0.255 e. The SMILES string of the molecule is COc1ccccc1NC(=O)c1ccc(C(=O)NCCc2ccccc2)cc1. The van der Waals surface area contributed by atoms with E-state index < -0.39 is 0 Å². The van der Waals surface area contributed by atoms with Gasteiger partial charge < -0.3 is 15.4 Å². The molecule has 0 saturated heterocycles. The van der Waals surface area contributed by atoms with Gasteiger partial charge in [-0.25, -0.2) is 0 Å². The lowest BCUT2D eigenvalue weighted by atomic mass is 10.1. The summed E-state index contributed by atoms with van der Waals surface area (Å²) in [6.07, 6.45) is 0.770. The first kappa shape index (κ1) is 19.2. The summed E-state index contributed by atoms with van der Waals surface area (Å²) in [5.41, 5.74) is 2.75. The summed E-state index contributed by atoms with van der Waals surface area (Å²) in [5, 5.41) is 5.71. The molecule has 0 fully saturated rings. The normalized spacial score (nSPS) is 10.2. The largest absolute Gasteiger partial charge is 0.495 e. The van der Waals surface area contributed by atoms with Crippen molar-refractivity contribution in [2.45, 2.75) is 6.42 Å². The van der Waals surface area contributed by atoms with Crippen LogP contribution in [0.2, 0.25) is 0 Å². The maximum atomic E-state index is 12.4. The molecule has 5 nitrogen and oxygen atoms in total. The van der Waals surface area contributed by atoms with E-state index in [0.717, 1.165) is 6.42 Å². The Bertz CT molecular complexity index is 938. The fraction of sp³-hybridized carbons (Fsp3) is 0.130. The van der Waals surface area contributed by atoms with Gasteiger partial charge in [0.15, 0.2) is 0 Å². The average Bonchev–Trinajstić information content (AvgIpc) is 2.75. The first-order chi connectivity index (χ1) is 13.7. The minimum Gasteiger partial charge on any atom is -0.495 e. The molecule has 3 aromatic rings. The fourth-order valence-corrected chi connectivity index (χ4v) is 2.78. The maximum absolute atomic E-state index is 12.4. The third-order valence-electron chi connectivity index (χ3n) is 4.31. The highest BCUT2D eigenvalue weighted by molar-refractivity contribution is 6.05. The number of carbonyl (C=O) groups excluding carboxylic acids is 2. The number of carbonyl (C=O) groups is 2. The lowest BCUT2D eigenvalue weighted by Gasteiger charge is -2.10. The van der Waals surface area contributed by atoms with Crippen molar-refractivity contribution in [3.63, 3.8) is 0 Å². The summed E-state index contributed by atoms with van der Waals surface area (Å²) in [5.74, 6) is 0.165. The zero-order valence-electron chi connectivity index (χ0n) is 15.6. The Hall–Kier alpha value is -3.60.